The van der Waals surface area contributed by atoms with Crippen LogP contribution < -0.4 is 4.74 Å². The van der Waals surface area contributed by atoms with E-state index < -0.39 is 29.6 Å². The molecule has 0 amide bonds. The number of methoxy groups -OCH3 is 1. The standard InChI is InChI=1S/C28H32F2N2O4S/c1-36-21-4-5-26-24(16-21)23(7-9-31-26)27(33)6-3-18-8-11-32(17-25(18)28(34)35)10-2-12-37-22-14-19(29)13-20(30)15-22/h4-5,7,9,13-16,18,25,27,33H,2-3,6,8,10-12,17H2,1H3,(H,34,35)/t18-,25+,27+/m1/s1. The van der Waals surface area contributed by atoms with E-state index in [9.17, 15) is 23.8 Å². The van der Waals surface area contributed by atoms with E-state index in [1.165, 1.54) is 23.9 Å². The van der Waals surface area contributed by atoms with Crippen molar-refractivity contribution < 1.29 is 28.5 Å². The maximum Gasteiger partial charge on any atom is 0.308 e. The van der Waals surface area contributed by atoms with Crippen LogP contribution in [0.4, 0.5) is 8.78 Å². The number of halogens is 2. The molecule has 6 nitrogen and oxygen atoms in total. The number of carboxylic acid groups (broad SMARTS) is 1. The largest absolute Gasteiger partial charge is 0.497 e. The first-order valence-electron chi connectivity index (χ1n) is 12.5. The van der Waals surface area contributed by atoms with E-state index >= 15 is 0 Å². The molecule has 0 saturated carbocycles. The smallest absolute Gasteiger partial charge is 0.308 e. The summed E-state index contributed by atoms with van der Waals surface area (Å²) in [4.78, 5) is 19.1. The fourth-order valence-electron chi connectivity index (χ4n) is 5.08. The monoisotopic (exact) mass is 530 g/mol. The first-order valence-corrected chi connectivity index (χ1v) is 13.5. The molecule has 0 unspecified atom stereocenters. The highest BCUT2D eigenvalue weighted by molar-refractivity contribution is 7.99. The minimum atomic E-state index is -0.812. The van der Waals surface area contributed by atoms with Gasteiger partial charge < -0.3 is 19.8 Å². The Kier molecular flexibility index (Phi) is 9.34. The average molecular weight is 531 g/mol. The third kappa shape index (κ3) is 7.18. The van der Waals surface area contributed by atoms with Gasteiger partial charge in [0.15, 0.2) is 0 Å². The van der Waals surface area contributed by atoms with Crippen LogP contribution in [0.25, 0.3) is 10.9 Å². The molecule has 1 aliphatic heterocycles. The Labute approximate surface area is 219 Å². The summed E-state index contributed by atoms with van der Waals surface area (Å²) >= 11 is 1.39. The second-order valence-corrected chi connectivity index (χ2v) is 10.6. The zero-order valence-electron chi connectivity index (χ0n) is 20.8. The topological polar surface area (TPSA) is 82.9 Å². The zero-order valence-corrected chi connectivity index (χ0v) is 21.6. The second-order valence-electron chi connectivity index (χ2n) is 9.48. The van der Waals surface area contributed by atoms with E-state index in [0.29, 0.717) is 35.8 Å². The van der Waals surface area contributed by atoms with Crippen LogP contribution in [0.15, 0.2) is 53.6 Å². The number of thioether (sulfide) groups is 1. The number of aromatic nitrogens is 1. The van der Waals surface area contributed by atoms with Gasteiger partial charge in [-0.25, -0.2) is 8.78 Å². The summed E-state index contributed by atoms with van der Waals surface area (Å²) in [5.74, 6) is -1.12. The molecule has 4 rings (SSSR count). The number of carboxylic acids is 1. The van der Waals surface area contributed by atoms with Crippen LogP contribution in [0, 0.1) is 23.5 Å². The lowest BCUT2D eigenvalue weighted by molar-refractivity contribution is -0.146. The van der Waals surface area contributed by atoms with Gasteiger partial charge in [-0.3, -0.25) is 9.78 Å². The molecule has 0 aliphatic carbocycles. The summed E-state index contributed by atoms with van der Waals surface area (Å²) in [6.45, 7) is 1.98. The minimum Gasteiger partial charge on any atom is -0.497 e. The van der Waals surface area contributed by atoms with Gasteiger partial charge in [0, 0.05) is 29.1 Å². The predicted octanol–water partition coefficient (Wildman–Crippen LogP) is 5.54. The highest BCUT2D eigenvalue weighted by Gasteiger charge is 2.34. The highest BCUT2D eigenvalue weighted by atomic mass is 32.2. The number of benzene rings is 2. The Morgan fingerprint density at radius 2 is 2.00 bits per heavy atom. The van der Waals surface area contributed by atoms with Crippen molar-refractivity contribution in [2.75, 3.05) is 32.5 Å². The van der Waals surface area contributed by atoms with Crippen molar-refractivity contribution in [1.29, 1.82) is 0 Å². The predicted molar refractivity (Wildman–Crippen MR) is 140 cm³/mol. The molecular weight excluding hydrogens is 498 g/mol. The SMILES string of the molecule is COc1ccc2nccc([C@@H](O)CC[C@@H]3CCN(CCCSc4cc(F)cc(F)c4)C[C@@H]3C(=O)O)c2c1. The van der Waals surface area contributed by atoms with E-state index in [1.807, 2.05) is 18.2 Å². The Hall–Kier alpha value is -2.75. The lowest BCUT2D eigenvalue weighted by atomic mass is 9.81. The van der Waals surface area contributed by atoms with Gasteiger partial charge in [-0.1, -0.05) is 0 Å². The van der Waals surface area contributed by atoms with Crippen molar-refractivity contribution in [3.8, 4) is 5.75 Å². The Balaban J connectivity index is 1.29. The van der Waals surface area contributed by atoms with Crippen LogP contribution in [0.5, 0.6) is 5.75 Å². The summed E-state index contributed by atoms with van der Waals surface area (Å²) in [5, 5.41) is 21.7. The number of likely N-dealkylation sites (tertiary alicyclic amines) is 1. The maximum absolute atomic E-state index is 13.4. The number of aliphatic hydroxyl groups excluding tert-OH is 1. The highest BCUT2D eigenvalue weighted by Crippen LogP contribution is 2.34. The van der Waals surface area contributed by atoms with E-state index in [-0.39, 0.29) is 5.92 Å². The lowest BCUT2D eigenvalue weighted by Gasteiger charge is -2.37. The summed E-state index contributed by atoms with van der Waals surface area (Å²) in [7, 11) is 1.59. The van der Waals surface area contributed by atoms with E-state index in [2.05, 4.69) is 9.88 Å². The summed E-state index contributed by atoms with van der Waals surface area (Å²) in [5.41, 5.74) is 1.54. The molecule has 2 heterocycles. The molecule has 198 valence electrons. The molecule has 3 aromatic rings. The maximum atomic E-state index is 13.4. The van der Waals surface area contributed by atoms with E-state index in [0.717, 1.165) is 48.5 Å². The second kappa shape index (κ2) is 12.7. The summed E-state index contributed by atoms with van der Waals surface area (Å²) in [6.07, 6.45) is 3.56. The van der Waals surface area contributed by atoms with Gasteiger partial charge in [0.05, 0.1) is 24.6 Å². The quantitative estimate of drug-likeness (QED) is 0.249. The number of piperidine rings is 1. The lowest BCUT2D eigenvalue weighted by Crippen LogP contribution is -2.44. The van der Waals surface area contributed by atoms with Gasteiger partial charge in [0.2, 0.25) is 0 Å². The molecule has 1 aromatic heterocycles. The Morgan fingerprint density at radius 3 is 2.73 bits per heavy atom. The molecule has 2 aromatic carbocycles. The van der Waals surface area contributed by atoms with Crippen molar-refractivity contribution in [3.05, 3.63) is 65.9 Å². The number of ether oxygens (including phenoxy) is 1. The molecule has 0 bridgehead atoms. The summed E-state index contributed by atoms with van der Waals surface area (Å²) < 4.78 is 32.0. The number of aliphatic carboxylic acids is 1. The van der Waals surface area contributed by atoms with Gasteiger partial charge in [-0.15, -0.1) is 11.8 Å². The Bertz CT molecular complexity index is 1210. The molecule has 2 N–H and O–H groups in total. The van der Waals surface area contributed by atoms with Gasteiger partial charge in [0.25, 0.3) is 0 Å². The van der Waals surface area contributed by atoms with Gasteiger partial charge in [-0.05, 0) is 92.4 Å². The molecule has 1 aliphatic rings. The molecule has 0 spiro atoms. The molecule has 37 heavy (non-hydrogen) atoms. The van der Waals surface area contributed by atoms with Crippen LogP contribution in [0.1, 0.15) is 37.4 Å². The van der Waals surface area contributed by atoms with E-state index in [4.69, 9.17) is 4.74 Å². The van der Waals surface area contributed by atoms with Crippen LogP contribution in [0.2, 0.25) is 0 Å². The number of rotatable bonds is 11. The van der Waals surface area contributed by atoms with Crippen LogP contribution in [0.3, 0.4) is 0 Å². The van der Waals surface area contributed by atoms with Crippen LogP contribution >= 0.6 is 11.8 Å². The van der Waals surface area contributed by atoms with Crippen molar-refractivity contribution in [3.63, 3.8) is 0 Å². The van der Waals surface area contributed by atoms with Gasteiger partial charge >= 0.3 is 5.97 Å². The fraction of sp³-hybridized carbons (Fsp3) is 0.429. The fourth-order valence-corrected chi connectivity index (χ4v) is 5.98. The number of carbonyl (C=O) groups is 1. The number of fused-ring (bicyclic) bond motifs is 1. The zero-order chi connectivity index (χ0) is 26.4. The minimum absolute atomic E-state index is 0.0179. The van der Waals surface area contributed by atoms with Crippen molar-refractivity contribution >= 4 is 28.6 Å². The van der Waals surface area contributed by atoms with Crippen LogP contribution in [-0.4, -0.2) is 58.6 Å². The molecule has 3 atom stereocenters. The van der Waals surface area contributed by atoms with Crippen molar-refractivity contribution in [2.24, 2.45) is 11.8 Å². The molecule has 1 saturated heterocycles. The number of aliphatic hydroxyl groups is 1. The summed E-state index contributed by atoms with van der Waals surface area (Å²) in [6, 6.07) is 10.9. The van der Waals surface area contributed by atoms with E-state index in [1.54, 1.807) is 19.4 Å². The van der Waals surface area contributed by atoms with Gasteiger partial charge in [-0.2, -0.15) is 0 Å². The first kappa shape index (κ1) is 27.3. The Morgan fingerprint density at radius 1 is 1.22 bits per heavy atom. The third-order valence-corrected chi connectivity index (χ3v) is 8.09. The number of hydrogen-bond acceptors (Lipinski definition) is 6. The molecular formula is C28H32F2N2O4S. The van der Waals surface area contributed by atoms with Crippen molar-refractivity contribution in [1.82, 2.24) is 9.88 Å². The number of pyridine rings is 1. The number of hydrogen-bond donors (Lipinski definition) is 2. The molecule has 9 heteroatoms. The normalized spacial score (nSPS) is 19.1. The molecule has 0 radical (unpaired) electrons. The van der Waals surface area contributed by atoms with Gasteiger partial charge in [0.1, 0.15) is 17.4 Å². The number of nitrogens with zero attached hydrogens (tertiary/aromatic N) is 2. The van der Waals surface area contributed by atoms with Crippen LogP contribution in [-0.2, 0) is 4.79 Å². The van der Waals surface area contributed by atoms with Crippen molar-refractivity contribution in [2.45, 2.75) is 36.7 Å². The first-order chi connectivity index (χ1) is 17.8. The average Bonchev–Trinajstić information content (AvgIpc) is 2.88. The third-order valence-electron chi connectivity index (χ3n) is 7.03. The molecule has 1 fully saturated rings.